The summed E-state index contributed by atoms with van der Waals surface area (Å²) >= 11 is 7.40. The second-order valence-electron chi connectivity index (χ2n) is 6.34. The van der Waals surface area contributed by atoms with Gasteiger partial charge in [-0.05, 0) is 49.4 Å². The number of alkyl halides is 3. The smallest absolute Gasteiger partial charge is 0.437 e. The Morgan fingerprint density at radius 1 is 1.03 bits per heavy atom. The van der Waals surface area contributed by atoms with E-state index in [4.69, 9.17) is 17.3 Å². The number of urea groups is 1. The van der Waals surface area contributed by atoms with Gasteiger partial charge < -0.3 is 21.1 Å². The molecule has 0 aliphatic rings. The van der Waals surface area contributed by atoms with Crippen LogP contribution in [0.4, 0.5) is 29.3 Å². The van der Waals surface area contributed by atoms with Gasteiger partial charge in [-0.15, -0.1) is 0 Å². The number of anilines is 2. The Morgan fingerprint density at radius 3 is 2.10 bits per heavy atom. The molecule has 166 valence electrons. The van der Waals surface area contributed by atoms with Gasteiger partial charge in [-0.2, -0.15) is 13.2 Å². The summed E-state index contributed by atoms with van der Waals surface area (Å²) in [5.74, 6) is -2.85. The number of benzene rings is 2. The first kappa shape index (κ1) is 24.4. The number of hydrogen-bond acceptors (Lipinski definition) is 5. The SMILES string of the molecule is CC(=O)O[C@](C)(C(=O)Nc1ccc(Sc2ccc(NC(N)=O)cc2)cc1Cl)C(F)(F)F. The summed E-state index contributed by atoms with van der Waals surface area (Å²) < 4.78 is 44.2. The molecule has 3 amide bonds. The zero-order valence-electron chi connectivity index (χ0n) is 16.2. The number of nitrogens with two attached hydrogens (primary N) is 1. The largest absolute Gasteiger partial charge is 0.439 e. The van der Waals surface area contributed by atoms with E-state index < -0.39 is 29.7 Å². The van der Waals surface area contributed by atoms with Crippen molar-refractivity contribution >= 4 is 52.6 Å². The number of nitrogens with one attached hydrogen (secondary N) is 2. The van der Waals surface area contributed by atoms with Crippen molar-refractivity contribution in [2.24, 2.45) is 5.73 Å². The van der Waals surface area contributed by atoms with Crippen LogP contribution >= 0.6 is 23.4 Å². The molecule has 0 aromatic heterocycles. The molecule has 0 bridgehead atoms. The van der Waals surface area contributed by atoms with Crippen molar-refractivity contribution in [2.75, 3.05) is 10.6 Å². The zero-order chi connectivity index (χ0) is 23.4. The number of rotatable bonds is 6. The van der Waals surface area contributed by atoms with Crippen LogP contribution < -0.4 is 16.4 Å². The van der Waals surface area contributed by atoms with Crippen molar-refractivity contribution in [3.8, 4) is 0 Å². The lowest BCUT2D eigenvalue weighted by atomic mass is 10.0. The molecule has 2 rings (SSSR count). The maximum Gasteiger partial charge on any atom is 0.437 e. The number of halogens is 4. The first-order chi connectivity index (χ1) is 14.3. The summed E-state index contributed by atoms with van der Waals surface area (Å²) in [6, 6.07) is 10.3. The van der Waals surface area contributed by atoms with Crippen LogP contribution in [-0.2, 0) is 14.3 Å². The molecule has 0 heterocycles. The third-order valence-corrected chi connectivity index (χ3v) is 5.18. The number of amides is 3. The lowest BCUT2D eigenvalue weighted by Gasteiger charge is -2.29. The maximum atomic E-state index is 13.3. The molecule has 0 saturated heterocycles. The maximum absolute atomic E-state index is 13.3. The molecule has 0 unspecified atom stereocenters. The number of esters is 1. The van der Waals surface area contributed by atoms with E-state index in [0.29, 0.717) is 17.5 Å². The van der Waals surface area contributed by atoms with Crippen LogP contribution in [0.25, 0.3) is 0 Å². The van der Waals surface area contributed by atoms with E-state index in [9.17, 15) is 27.6 Å². The minimum atomic E-state index is -5.14. The molecule has 12 heteroatoms. The Hall–Kier alpha value is -2.92. The molecule has 0 spiro atoms. The summed E-state index contributed by atoms with van der Waals surface area (Å²) in [4.78, 5) is 35.6. The van der Waals surface area contributed by atoms with Crippen LogP contribution in [0.1, 0.15) is 13.8 Å². The van der Waals surface area contributed by atoms with Crippen molar-refractivity contribution in [2.45, 2.75) is 35.4 Å². The predicted octanol–water partition coefficient (Wildman–Crippen LogP) is 4.80. The molecular formula is C19H17ClF3N3O4S. The number of hydrogen-bond donors (Lipinski definition) is 3. The minimum Gasteiger partial charge on any atom is -0.439 e. The van der Waals surface area contributed by atoms with Crippen molar-refractivity contribution < 1.29 is 32.3 Å². The average Bonchev–Trinajstić information content (AvgIpc) is 2.63. The Kier molecular flexibility index (Phi) is 7.45. The average molecular weight is 476 g/mol. The summed E-state index contributed by atoms with van der Waals surface area (Å²) in [7, 11) is 0. The van der Waals surface area contributed by atoms with Crippen LogP contribution in [0.15, 0.2) is 52.3 Å². The number of primary amides is 1. The van der Waals surface area contributed by atoms with E-state index in [0.717, 1.165) is 11.8 Å². The molecule has 2 aromatic carbocycles. The lowest BCUT2D eigenvalue weighted by Crippen LogP contribution is -2.55. The molecule has 0 saturated carbocycles. The van der Waals surface area contributed by atoms with E-state index in [1.807, 2.05) is 0 Å². The Labute approximate surface area is 184 Å². The molecule has 4 N–H and O–H groups in total. The molecule has 0 radical (unpaired) electrons. The van der Waals surface area contributed by atoms with Crippen LogP contribution in [-0.4, -0.2) is 29.7 Å². The molecule has 31 heavy (non-hydrogen) atoms. The quantitative estimate of drug-likeness (QED) is 0.519. The number of ether oxygens (including phenoxy) is 1. The fourth-order valence-corrected chi connectivity index (χ4v) is 3.46. The molecule has 0 aliphatic heterocycles. The van der Waals surface area contributed by atoms with Gasteiger partial charge >= 0.3 is 18.2 Å². The van der Waals surface area contributed by atoms with Crippen LogP contribution in [0.2, 0.25) is 5.02 Å². The van der Waals surface area contributed by atoms with Gasteiger partial charge in [0, 0.05) is 22.4 Å². The summed E-state index contributed by atoms with van der Waals surface area (Å²) in [5.41, 5.74) is 2.08. The molecule has 1 atom stereocenters. The molecule has 7 nitrogen and oxygen atoms in total. The van der Waals surface area contributed by atoms with Gasteiger partial charge in [0.25, 0.3) is 11.5 Å². The monoisotopic (exact) mass is 475 g/mol. The van der Waals surface area contributed by atoms with Gasteiger partial charge in [0.15, 0.2) is 0 Å². The van der Waals surface area contributed by atoms with Crippen LogP contribution in [0.5, 0.6) is 0 Å². The van der Waals surface area contributed by atoms with Crippen LogP contribution in [0, 0.1) is 0 Å². The normalized spacial score (nSPS) is 13.1. The summed E-state index contributed by atoms with van der Waals surface area (Å²) in [6.07, 6.45) is -5.14. The molecular weight excluding hydrogens is 459 g/mol. The number of carbonyl (C=O) groups excluding carboxylic acids is 3. The second-order valence-corrected chi connectivity index (χ2v) is 7.89. The topological polar surface area (TPSA) is 111 Å². The highest BCUT2D eigenvalue weighted by Gasteiger charge is 2.60. The van der Waals surface area contributed by atoms with Crippen molar-refractivity contribution in [3.63, 3.8) is 0 Å². The van der Waals surface area contributed by atoms with Gasteiger partial charge in [0.2, 0.25) is 0 Å². The summed E-state index contributed by atoms with van der Waals surface area (Å²) in [5, 5.41) is 4.46. The van der Waals surface area contributed by atoms with Gasteiger partial charge in [-0.25, -0.2) is 4.79 Å². The molecule has 2 aromatic rings. The first-order valence-electron chi connectivity index (χ1n) is 8.53. The lowest BCUT2D eigenvalue weighted by molar-refractivity contribution is -0.253. The highest BCUT2D eigenvalue weighted by atomic mass is 35.5. The van der Waals surface area contributed by atoms with Gasteiger partial charge in [0.1, 0.15) is 0 Å². The van der Waals surface area contributed by atoms with E-state index in [1.165, 1.54) is 23.9 Å². The highest BCUT2D eigenvalue weighted by molar-refractivity contribution is 7.99. The van der Waals surface area contributed by atoms with E-state index in [1.54, 1.807) is 30.3 Å². The highest BCUT2D eigenvalue weighted by Crippen LogP contribution is 2.37. The van der Waals surface area contributed by atoms with E-state index in [-0.39, 0.29) is 10.7 Å². The van der Waals surface area contributed by atoms with Gasteiger partial charge in [-0.3, -0.25) is 9.59 Å². The summed E-state index contributed by atoms with van der Waals surface area (Å²) in [6.45, 7) is 1.23. The minimum absolute atomic E-state index is 0.0160. The molecule has 0 aliphatic carbocycles. The molecule has 0 fully saturated rings. The Bertz CT molecular complexity index is 1000. The third kappa shape index (κ3) is 6.28. The van der Waals surface area contributed by atoms with Crippen LogP contribution in [0.3, 0.4) is 0 Å². The first-order valence-corrected chi connectivity index (χ1v) is 9.73. The predicted molar refractivity (Wildman–Crippen MR) is 110 cm³/mol. The fraction of sp³-hybridized carbons (Fsp3) is 0.211. The Balaban J connectivity index is 2.15. The van der Waals surface area contributed by atoms with Crippen molar-refractivity contribution in [1.29, 1.82) is 0 Å². The van der Waals surface area contributed by atoms with Crippen molar-refractivity contribution in [1.82, 2.24) is 0 Å². The van der Waals surface area contributed by atoms with Crippen molar-refractivity contribution in [3.05, 3.63) is 47.5 Å². The van der Waals surface area contributed by atoms with Gasteiger partial charge in [0.05, 0.1) is 10.7 Å². The standard InChI is InChI=1S/C19H17ClF3N3O4S/c1-10(27)30-18(2,19(21,22)23)16(28)26-15-8-7-13(9-14(15)20)31-12-5-3-11(4-6-12)25-17(24)29/h3-9H,1-2H3,(H,26,28)(H3,24,25,29)/t18-/m1/s1. The second kappa shape index (κ2) is 9.48. The van der Waals surface area contributed by atoms with E-state index in [2.05, 4.69) is 15.4 Å². The Morgan fingerprint density at radius 2 is 1.61 bits per heavy atom. The van der Waals surface area contributed by atoms with Gasteiger partial charge in [-0.1, -0.05) is 23.4 Å². The number of carbonyl (C=O) groups is 3. The fourth-order valence-electron chi connectivity index (χ4n) is 2.31. The third-order valence-electron chi connectivity index (χ3n) is 3.87. The van der Waals surface area contributed by atoms with E-state index >= 15 is 0 Å². The zero-order valence-corrected chi connectivity index (χ0v) is 17.7.